The summed E-state index contributed by atoms with van der Waals surface area (Å²) in [6.45, 7) is 6.68. The van der Waals surface area contributed by atoms with Gasteiger partial charge in [-0.3, -0.25) is 0 Å². The summed E-state index contributed by atoms with van der Waals surface area (Å²) < 4.78 is 0. The molecule has 0 aliphatic heterocycles. The summed E-state index contributed by atoms with van der Waals surface area (Å²) in [4.78, 5) is 2.57. The molecular weight excluding hydrogens is 208 g/mol. The number of benzene rings is 1. The van der Waals surface area contributed by atoms with E-state index in [0.717, 1.165) is 25.0 Å². The van der Waals surface area contributed by atoms with E-state index in [1.807, 2.05) is 0 Å². The molecule has 94 valence electrons. The van der Waals surface area contributed by atoms with Crippen LogP contribution in [-0.2, 0) is 0 Å². The van der Waals surface area contributed by atoms with Crippen LogP contribution >= 0.6 is 0 Å². The fourth-order valence-electron chi connectivity index (χ4n) is 2.88. The van der Waals surface area contributed by atoms with E-state index in [1.165, 1.54) is 24.1 Å². The molecule has 0 bridgehead atoms. The summed E-state index contributed by atoms with van der Waals surface area (Å²) >= 11 is 0. The van der Waals surface area contributed by atoms with Crippen LogP contribution in [0.3, 0.4) is 0 Å². The first kappa shape index (κ1) is 12.4. The Bertz CT molecular complexity index is 362. The Hall–Kier alpha value is -1.02. The van der Waals surface area contributed by atoms with Crippen molar-refractivity contribution in [2.24, 2.45) is 5.92 Å². The molecule has 0 aromatic heterocycles. The lowest BCUT2D eigenvalue weighted by molar-refractivity contribution is 0.239. The van der Waals surface area contributed by atoms with E-state index in [4.69, 9.17) is 0 Å². The molecule has 2 heteroatoms. The summed E-state index contributed by atoms with van der Waals surface area (Å²) in [6, 6.07) is 9.61. The number of hydrogen-bond donors (Lipinski definition) is 1. The molecule has 2 nitrogen and oxygen atoms in total. The first-order chi connectivity index (χ1) is 8.26. The second-order valence-corrected chi connectivity index (χ2v) is 5.09. The molecule has 17 heavy (non-hydrogen) atoms. The summed E-state index contributed by atoms with van der Waals surface area (Å²) in [7, 11) is 2.05. The minimum Gasteiger partial charge on any atom is -0.368 e. The largest absolute Gasteiger partial charge is 0.368 e. The molecule has 2 rings (SSSR count). The predicted octanol–water partition coefficient (Wildman–Crippen LogP) is 2.82. The zero-order chi connectivity index (χ0) is 12.3. The molecule has 1 aliphatic carbocycles. The van der Waals surface area contributed by atoms with Crippen molar-refractivity contribution in [3.05, 3.63) is 29.8 Å². The lowest BCUT2D eigenvalue weighted by Crippen LogP contribution is -2.50. The van der Waals surface area contributed by atoms with Crippen LogP contribution in [0.4, 0.5) is 5.69 Å². The maximum atomic E-state index is 3.31. The lowest BCUT2D eigenvalue weighted by Gasteiger charge is -2.45. The Labute approximate surface area is 105 Å². The minimum atomic E-state index is 0.731. The smallest absolute Gasteiger partial charge is 0.0371 e. The van der Waals surface area contributed by atoms with E-state index in [1.54, 1.807) is 0 Å². The molecule has 0 amide bonds. The maximum absolute atomic E-state index is 3.31. The van der Waals surface area contributed by atoms with E-state index < -0.39 is 0 Å². The van der Waals surface area contributed by atoms with Crippen molar-refractivity contribution in [1.29, 1.82) is 0 Å². The molecule has 2 atom stereocenters. The maximum Gasteiger partial charge on any atom is 0.0371 e. The van der Waals surface area contributed by atoms with E-state index in [0.29, 0.717) is 0 Å². The van der Waals surface area contributed by atoms with E-state index in [9.17, 15) is 0 Å². The number of aryl methyl sites for hydroxylation is 1. The Kier molecular flexibility index (Phi) is 4.06. The average molecular weight is 232 g/mol. The summed E-state index contributed by atoms with van der Waals surface area (Å²) in [6.07, 6.45) is 2.71. The molecule has 2 unspecified atom stereocenters. The highest BCUT2D eigenvalue weighted by Gasteiger charge is 2.34. The van der Waals surface area contributed by atoms with Crippen molar-refractivity contribution < 1.29 is 0 Å². The molecule has 0 heterocycles. The Morgan fingerprint density at radius 1 is 1.35 bits per heavy atom. The molecule has 0 radical (unpaired) electrons. The fraction of sp³-hybridized carbons (Fsp3) is 0.600. The quantitative estimate of drug-likeness (QED) is 0.840. The van der Waals surface area contributed by atoms with Crippen molar-refractivity contribution in [2.45, 2.75) is 32.7 Å². The third kappa shape index (κ3) is 2.63. The van der Waals surface area contributed by atoms with Crippen molar-refractivity contribution >= 4 is 5.69 Å². The molecule has 1 aromatic carbocycles. The molecule has 1 aliphatic rings. The molecular formula is C15H24N2. The average Bonchev–Trinajstić information content (AvgIpc) is 2.31. The third-order valence-corrected chi connectivity index (χ3v) is 3.92. The fourth-order valence-corrected chi connectivity index (χ4v) is 2.88. The molecule has 1 aromatic rings. The highest BCUT2D eigenvalue weighted by Crippen LogP contribution is 2.34. The first-order valence-electron chi connectivity index (χ1n) is 6.74. The van der Waals surface area contributed by atoms with Crippen molar-refractivity contribution in [2.75, 3.05) is 25.0 Å². The summed E-state index contributed by atoms with van der Waals surface area (Å²) in [5, 5.41) is 3.31. The topological polar surface area (TPSA) is 15.3 Å². The van der Waals surface area contributed by atoms with Gasteiger partial charge in [0.15, 0.2) is 0 Å². The Morgan fingerprint density at radius 2 is 2.18 bits per heavy atom. The second kappa shape index (κ2) is 5.54. The SMILES string of the molecule is CCN(c1cccc(C)c1)C1CCC1CNC. The monoisotopic (exact) mass is 232 g/mol. The van der Waals surface area contributed by atoms with Crippen LogP contribution in [0.5, 0.6) is 0 Å². The molecule has 0 spiro atoms. The van der Waals surface area contributed by atoms with Gasteiger partial charge in [-0.2, -0.15) is 0 Å². The van der Waals surface area contributed by atoms with E-state index in [-0.39, 0.29) is 0 Å². The molecule has 1 N–H and O–H groups in total. The minimum absolute atomic E-state index is 0.731. The van der Waals surface area contributed by atoms with Gasteiger partial charge in [-0.05, 0) is 63.9 Å². The molecule has 1 fully saturated rings. The highest BCUT2D eigenvalue weighted by molar-refractivity contribution is 5.50. The summed E-state index contributed by atoms with van der Waals surface area (Å²) in [5.74, 6) is 0.820. The van der Waals surface area contributed by atoms with Gasteiger partial charge in [-0.1, -0.05) is 12.1 Å². The molecule has 1 saturated carbocycles. The number of hydrogen-bond acceptors (Lipinski definition) is 2. The van der Waals surface area contributed by atoms with Gasteiger partial charge in [-0.25, -0.2) is 0 Å². The van der Waals surface area contributed by atoms with Gasteiger partial charge in [-0.15, -0.1) is 0 Å². The normalized spacial score (nSPS) is 23.2. The van der Waals surface area contributed by atoms with Crippen LogP contribution < -0.4 is 10.2 Å². The van der Waals surface area contributed by atoms with Crippen LogP contribution in [0.2, 0.25) is 0 Å². The van der Waals surface area contributed by atoms with Gasteiger partial charge in [0.2, 0.25) is 0 Å². The lowest BCUT2D eigenvalue weighted by atomic mass is 9.78. The zero-order valence-corrected chi connectivity index (χ0v) is 11.2. The van der Waals surface area contributed by atoms with Crippen LogP contribution in [0, 0.1) is 12.8 Å². The van der Waals surface area contributed by atoms with Crippen LogP contribution in [0.15, 0.2) is 24.3 Å². The van der Waals surface area contributed by atoms with Gasteiger partial charge in [0.25, 0.3) is 0 Å². The van der Waals surface area contributed by atoms with Crippen LogP contribution in [0.25, 0.3) is 0 Å². The molecule has 0 saturated heterocycles. The van der Waals surface area contributed by atoms with Crippen molar-refractivity contribution in [3.63, 3.8) is 0 Å². The van der Waals surface area contributed by atoms with Crippen molar-refractivity contribution in [3.8, 4) is 0 Å². The number of rotatable bonds is 5. The predicted molar refractivity (Wildman–Crippen MR) is 74.6 cm³/mol. The first-order valence-corrected chi connectivity index (χ1v) is 6.74. The number of nitrogens with one attached hydrogen (secondary N) is 1. The van der Waals surface area contributed by atoms with Crippen LogP contribution in [-0.4, -0.2) is 26.2 Å². The third-order valence-electron chi connectivity index (χ3n) is 3.92. The standard InChI is InChI=1S/C15H24N2/c1-4-17(14-7-5-6-12(2)10-14)15-9-8-13(15)11-16-3/h5-7,10,13,15-16H,4,8-9,11H2,1-3H3. The van der Waals surface area contributed by atoms with Gasteiger partial charge in [0, 0.05) is 18.3 Å². The number of anilines is 1. The Morgan fingerprint density at radius 3 is 2.71 bits per heavy atom. The number of nitrogens with zero attached hydrogens (tertiary/aromatic N) is 1. The van der Waals surface area contributed by atoms with Gasteiger partial charge >= 0.3 is 0 Å². The van der Waals surface area contributed by atoms with Gasteiger partial charge in [0.1, 0.15) is 0 Å². The van der Waals surface area contributed by atoms with E-state index >= 15 is 0 Å². The van der Waals surface area contributed by atoms with Gasteiger partial charge < -0.3 is 10.2 Å². The van der Waals surface area contributed by atoms with Gasteiger partial charge in [0.05, 0.1) is 0 Å². The van der Waals surface area contributed by atoms with Crippen molar-refractivity contribution in [1.82, 2.24) is 5.32 Å². The van der Waals surface area contributed by atoms with Crippen LogP contribution in [0.1, 0.15) is 25.3 Å². The summed E-state index contributed by atoms with van der Waals surface area (Å²) in [5.41, 5.74) is 2.74. The Balaban J connectivity index is 2.11. The second-order valence-electron chi connectivity index (χ2n) is 5.09. The zero-order valence-electron chi connectivity index (χ0n) is 11.2. The highest BCUT2D eigenvalue weighted by atomic mass is 15.2. The van der Waals surface area contributed by atoms with E-state index in [2.05, 4.69) is 55.4 Å².